The smallest absolute Gasteiger partial charge is 0.200 e. The van der Waals surface area contributed by atoms with Crippen LogP contribution in [-0.4, -0.2) is 69.6 Å². The number of ether oxygens (including phenoxy) is 5. The van der Waals surface area contributed by atoms with Crippen LogP contribution >= 0.6 is 0 Å². The van der Waals surface area contributed by atoms with Crippen molar-refractivity contribution in [1.29, 1.82) is 0 Å². The number of carbonyl (C=O) groups excluding carboxylic acids is 1. The van der Waals surface area contributed by atoms with Gasteiger partial charge >= 0.3 is 0 Å². The number of hydrogen-bond donors (Lipinski definition) is 0. The molecule has 0 aliphatic heterocycles. The summed E-state index contributed by atoms with van der Waals surface area (Å²) in [6, 6.07) is 6.05. The highest BCUT2D eigenvalue weighted by Crippen LogP contribution is 2.69. The third-order valence-corrected chi connectivity index (χ3v) is 19.7. The van der Waals surface area contributed by atoms with Gasteiger partial charge in [-0.15, -0.1) is 0 Å². The summed E-state index contributed by atoms with van der Waals surface area (Å²) >= 11 is 0. The molecule has 1 aromatic carbocycles. The molecule has 9 heteroatoms. The second kappa shape index (κ2) is 12.1. The van der Waals surface area contributed by atoms with Gasteiger partial charge in [0.15, 0.2) is 23.1 Å². The monoisotopic (exact) mass is 606 g/mol. The first kappa shape index (κ1) is 33.8. The van der Waals surface area contributed by atoms with Gasteiger partial charge in [0.05, 0.1) is 46.5 Å². The van der Waals surface area contributed by atoms with Crippen LogP contribution in [0.25, 0.3) is 0 Å². The topological polar surface area (TPSA) is 72.5 Å². The summed E-state index contributed by atoms with van der Waals surface area (Å²) in [5.74, 6) is -0.0262. The summed E-state index contributed by atoms with van der Waals surface area (Å²) in [4.78, 5) is 14.5. The maximum atomic E-state index is 14.5. The zero-order valence-corrected chi connectivity index (χ0v) is 29.8. The fourth-order valence-corrected chi connectivity index (χ4v) is 17.2. The maximum Gasteiger partial charge on any atom is 0.200 e. The molecule has 41 heavy (non-hydrogen) atoms. The number of carbonyl (C=O) groups is 1. The Morgan fingerprint density at radius 1 is 0.805 bits per heavy atom. The minimum atomic E-state index is -2.38. The Bertz CT molecular complexity index is 1100. The largest absolute Gasteiger partial charge is 0.500 e. The average Bonchev–Trinajstić information content (AvgIpc) is 2.91. The van der Waals surface area contributed by atoms with Crippen LogP contribution in [-0.2, 0) is 23.4 Å². The van der Waals surface area contributed by atoms with E-state index in [0.29, 0.717) is 40.3 Å². The Morgan fingerprint density at radius 2 is 1.34 bits per heavy atom. The molecule has 0 spiro atoms. The Hall–Kier alpha value is -1.66. The van der Waals surface area contributed by atoms with Crippen LogP contribution in [0.5, 0.6) is 11.5 Å². The van der Waals surface area contributed by atoms with Crippen LogP contribution in [0.3, 0.4) is 0 Å². The number of methoxy groups -OCH3 is 5. The standard InChI is InChI=1S/C32H54O7Si2/c1-20(2)41(21(3)4,22(5)6)39-27-19-31(40(12,13)14)28(33)18-26(36-9)30(32(31,37-10)38-11)29(27)23-15-16-24(34-7)25(17-23)35-8/h15-18,20-22,27,29-30H,19H2,1-14H3/t27-,29+,30-,31+/m0/s1. The quantitative estimate of drug-likeness (QED) is 0.180. The summed E-state index contributed by atoms with van der Waals surface area (Å²) in [5, 5.41) is -0.890. The first-order chi connectivity index (χ1) is 19.1. The fourth-order valence-electron chi connectivity index (χ4n) is 8.59. The van der Waals surface area contributed by atoms with Gasteiger partial charge in [0.2, 0.25) is 8.32 Å². The summed E-state index contributed by atoms with van der Waals surface area (Å²) in [6.45, 7) is 20.5. The van der Waals surface area contributed by atoms with Crippen LogP contribution in [0, 0.1) is 5.92 Å². The van der Waals surface area contributed by atoms with Gasteiger partial charge < -0.3 is 28.1 Å². The molecule has 0 unspecified atom stereocenters. The fraction of sp³-hybridized carbons (Fsp3) is 0.719. The molecule has 0 radical (unpaired) electrons. The van der Waals surface area contributed by atoms with Gasteiger partial charge in [-0.3, -0.25) is 4.79 Å². The van der Waals surface area contributed by atoms with Crippen molar-refractivity contribution in [1.82, 2.24) is 0 Å². The molecule has 0 heterocycles. The molecule has 2 aliphatic carbocycles. The molecule has 1 aromatic rings. The van der Waals surface area contributed by atoms with Gasteiger partial charge in [-0.1, -0.05) is 67.2 Å². The van der Waals surface area contributed by atoms with E-state index < -0.39 is 33.1 Å². The predicted octanol–water partition coefficient (Wildman–Crippen LogP) is 7.55. The molecule has 3 rings (SSSR count). The Balaban J connectivity index is 2.47. The van der Waals surface area contributed by atoms with Crippen LogP contribution < -0.4 is 9.47 Å². The third-order valence-electron chi connectivity index (χ3n) is 10.2. The molecular weight excluding hydrogens is 553 g/mol. The minimum Gasteiger partial charge on any atom is -0.500 e. The number of fused-ring (bicyclic) bond motifs is 2. The van der Waals surface area contributed by atoms with Crippen molar-refractivity contribution in [3.05, 3.63) is 35.6 Å². The summed E-state index contributed by atoms with van der Waals surface area (Å²) in [6.07, 6.45) is 1.94. The molecule has 0 N–H and O–H groups in total. The van der Waals surface area contributed by atoms with Gasteiger partial charge in [-0.25, -0.2) is 0 Å². The van der Waals surface area contributed by atoms with Crippen LogP contribution in [0.1, 0.15) is 59.4 Å². The van der Waals surface area contributed by atoms with Crippen LogP contribution in [0.15, 0.2) is 30.0 Å². The summed E-state index contributed by atoms with van der Waals surface area (Å²) in [7, 11) is 3.51. The van der Waals surface area contributed by atoms with E-state index in [1.54, 1.807) is 41.6 Å². The molecule has 0 amide bonds. The zero-order valence-electron chi connectivity index (χ0n) is 27.8. The van der Waals surface area contributed by atoms with Crippen molar-refractivity contribution >= 4 is 22.2 Å². The molecule has 7 nitrogen and oxygen atoms in total. The highest BCUT2D eigenvalue weighted by Gasteiger charge is 2.75. The van der Waals surface area contributed by atoms with Gasteiger partial charge in [0.1, 0.15) is 5.76 Å². The van der Waals surface area contributed by atoms with E-state index in [4.69, 9.17) is 28.1 Å². The second-order valence-electron chi connectivity index (χ2n) is 13.6. The van der Waals surface area contributed by atoms with Crippen molar-refractivity contribution < 1.29 is 32.9 Å². The van der Waals surface area contributed by atoms with E-state index in [1.807, 2.05) is 12.1 Å². The van der Waals surface area contributed by atoms with E-state index in [9.17, 15) is 4.79 Å². The lowest BCUT2D eigenvalue weighted by Gasteiger charge is -2.65. The summed E-state index contributed by atoms with van der Waals surface area (Å²) < 4.78 is 38.0. The number of hydrogen-bond acceptors (Lipinski definition) is 7. The average molecular weight is 607 g/mol. The SMILES string of the molecule is COC1=CC(=O)[C@]2([Si](C)(C)C)C[C@H](O[Si](C(C)C)(C(C)C)C(C)C)[C@@H](c3ccc(OC)c(OC)c3)[C@H]1C2(OC)OC. The molecule has 232 valence electrons. The van der Waals surface area contributed by atoms with Crippen LogP contribution in [0.4, 0.5) is 0 Å². The van der Waals surface area contributed by atoms with Gasteiger partial charge in [0.25, 0.3) is 0 Å². The number of ketones is 1. The number of rotatable bonds is 12. The number of benzene rings is 1. The van der Waals surface area contributed by atoms with Gasteiger partial charge in [0, 0.05) is 26.2 Å². The lowest BCUT2D eigenvalue weighted by molar-refractivity contribution is -0.286. The highest BCUT2D eigenvalue weighted by atomic mass is 28.4. The van der Waals surface area contributed by atoms with E-state index in [1.165, 1.54) is 0 Å². The molecule has 1 fully saturated rings. The highest BCUT2D eigenvalue weighted by molar-refractivity contribution is 6.83. The Labute approximate surface area is 250 Å². The van der Waals surface area contributed by atoms with E-state index in [2.05, 4.69) is 67.2 Å². The maximum absolute atomic E-state index is 14.5. The summed E-state index contributed by atoms with van der Waals surface area (Å²) in [5.41, 5.74) is 2.14. The molecule has 0 saturated heterocycles. The van der Waals surface area contributed by atoms with Gasteiger partial charge in [-0.05, 0) is 40.7 Å². The van der Waals surface area contributed by atoms with Crippen molar-refractivity contribution in [2.24, 2.45) is 5.92 Å². The van der Waals surface area contributed by atoms with Crippen molar-refractivity contribution in [2.45, 2.75) is 107 Å². The predicted molar refractivity (Wildman–Crippen MR) is 169 cm³/mol. The molecular formula is C32H54O7Si2. The second-order valence-corrected chi connectivity index (χ2v) is 24.4. The Morgan fingerprint density at radius 3 is 1.76 bits per heavy atom. The normalized spacial score (nSPS) is 26.4. The first-order valence-corrected chi connectivity index (χ1v) is 20.5. The number of allylic oxidation sites excluding steroid dienone is 1. The van der Waals surface area contributed by atoms with Crippen molar-refractivity contribution in [2.75, 3.05) is 35.5 Å². The van der Waals surface area contributed by atoms with E-state index in [0.717, 1.165) is 5.56 Å². The van der Waals surface area contributed by atoms with Crippen molar-refractivity contribution in [3.8, 4) is 11.5 Å². The van der Waals surface area contributed by atoms with E-state index in [-0.39, 0.29) is 17.8 Å². The minimum absolute atomic E-state index is 0.0127. The first-order valence-electron chi connectivity index (χ1n) is 14.9. The molecule has 2 bridgehead atoms. The lowest BCUT2D eigenvalue weighted by atomic mass is 9.60. The Kier molecular flexibility index (Phi) is 10.0. The lowest BCUT2D eigenvalue weighted by Crippen LogP contribution is -2.72. The molecule has 2 aliphatic rings. The zero-order chi connectivity index (χ0) is 31.1. The van der Waals surface area contributed by atoms with Gasteiger partial charge in [-0.2, -0.15) is 0 Å². The van der Waals surface area contributed by atoms with Crippen molar-refractivity contribution in [3.63, 3.8) is 0 Å². The molecule has 0 aromatic heterocycles. The van der Waals surface area contributed by atoms with E-state index >= 15 is 0 Å². The third kappa shape index (κ3) is 4.93. The van der Waals surface area contributed by atoms with Crippen LogP contribution in [0.2, 0.25) is 41.3 Å². The molecule has 4 atom stereocenters. The molecule has 1 saturated carbocycles.